The summed E-state index contributed by atoms with van der Waals surface area (Å²) < 4.78 is 18.0. The number of nitrogen functional groups attached to an aromatic ring is 1. The zero-order valence-corrected chi connectivity index (χ0v) is 53.9. The average Bonchev–Trinajstić information content (AvgIpc) is 1.39. The third-order valence-electron chi connectivity index (χ3n) is 17.6. The number of nitrogens with zero attached hydrogens (tertiary/aromatic N) is 7. The molecule has 4 saturated heterocycles. The maximum Gasteiger partial charge on any atom is 0.329 e. The lowest BCUT2D eigenvalue weighted by molar-refractivity contribution is -0.163. The van der Waals surface area contributed by atoms with Gasteiger partial charge in [-0.05, 0) is 83.3 Å². The van der Waals surface area contributed by atoms with Crippen LogP contribution >= 0.6 is 0 Å². The van der Waals surface area contributed by atoms with Crippen molar-refractivity contribution in [2.75, 3.05) is 60.2 Å². The van der Waals surface area contributed by atoms with Crippen LogP contribution in [0.15, 0.2) is 21.3 Å². The van der Waals surface area contributed by atoms with Crippen LogP contribution in [0.1, 0.15) is 113 Å². The van der Waals surface area contributed by atoms with E-state index in [2.05, 4.69) is 21.3 Å². The molecular formula is C61H84N12O18. The number of nitrogens with one attached hydrogen (secondary N) is 4. The molecule has 5 aliphatic heterocycles. The van der Waals surface area contributed by atoms with Crippen molar-refractivity contribution < 1.29 is 81.6 Å². The molecule has 0 radical (unpaired) electrons. The minimum atomic E-state index is -2.17. The number of carbonyl (C=O) groups is 12. The number of aliphatic hydroxyl groups excluding tert-OH is 2. The molecule has 30 nitrogen and oxygen atoms in total. The van der Waals surface area contributed by atoms with Gasteiger partial charge in [0, 0.05) is 46.3 Å². The first-order valence-corrected chi connectivity index (χ1v) is 30.3. The van der Waals surface area contributed by atoms with Gasteiger partial charge in [-0.25, -0.2) is 14.6 Å². The normalized spacial score (nSPS) is 27.6. The summed E-state index contributed by atoms with van der Waals surface area (Å²) in [7, 11) is 5.28. The zero-order valence-electron chi connectivity index (χ0n) is 53.9. The highest BCUT2D eigenvalue weighted by molar-refractivity contribution is 6.10. The Morgan fingerprint density at radius 2 is 1.31 bits per heavy atom. The quantitative estimate of drug-likeness (QED) is 0.0760. The maximum absolute atomic E-state index is 15.2. The van der Waals surface area contributed by atoms with E-state index in [1.165, 1.54) is 70.9 Å². The summed E-state index contributed by atoms with van der Waals surface area (Å²) in [5.41, 5.74) is 2.93. The predicted molar refractivity (Wildman–Crippen MR) is 324 cm³/mol. The molecule has 0 saturated carbocycles. The summed E-state index contributed by atoms with van der Waals surface area (Å²) in [5, 5.41) is 32.5. The number of rotatable bonds is 8. The second-order valence-corrected chi connectivity index (χ2v) is 25.2. The van der Waals surface area contributed by atoms with Gasteiger partial charge >= 0.3 is 11.9 Å². The van der Waals surface area contributed by atoms with Gasteiger partial charge < -0.3 is 80.5 Å². The van der Waals surface area contributed by atoms with E-state index in [-0.39, 0.29) is 47.4 Å². The van der Waals surface area contributed by atoms with E-state index in [0.29, 0.717) is 12.0 Å². The molecule has 8 N–H and O–H groups in total. The molecule has 12 atom stereocenters. The number of carbonyl (C=O) groups excluding carboxylic acids is 12. The Balaban J connectivity index is 1.33. The Bertz CT molecular complexity index is 3460. The SMILES string of the molecule is Cc1c2oc3c(C)ccc(C(=O)NC4C(=O)NC(C(C)C)C(=O)N5CCCC5C(=O)N(C)CC(=O)N(C)C(C(C)C)C(=O)OC4C)c3nc-2c(C(=O)NC2C(=O)NC(C(C)C)C(=O)N3C(C)CC(O)C3C(=O)N(C)CC(=O)N(C)C(C)C(=O)OC2CO)c(N)c1=O. The summed E-state index contributed by atoms with van der Waals surface area (Å²) >= 11 is 0. The van der Waals surface area contributed by atoms with Crippen molar-refractivity contribution >= 4 is 87.8 Å². The number of nitrogens with two attached hydrogens (primary N) is 1. The molecule has 10 amide bonds. The number of fused-ring (bicyclic) bond motifs is 4. The summed E-state index contributed by atoms with van der Waals surface area (Å²) in [5.74, 6) is -13.4. The molecule has 30 heteroatoms. The van der Waals surface area contributed by atoms with Gasteiger partial charge in [0.2, 0.25) is 52.7 Å². The van der Waals surface area contributed by atoms with Crippen LogP contribution in [0.5, 0.6) is 0 Å². The highest BCUT2D eigenvalue weighted by Crippen LogP contribution is 2.36. The number of cyclic esters (lactones) is 2. The first kappa shape index (κ1) is 69.7. The summed E-state index contributed by atoms with van der Waals surface area (Å²) in [6, 6.07) is -10.1. The molecule has 91 heavy (non-hydrogen) atoms. The molecule has 12 unspecified atom stereocenters. The van der Waals surface area contributed by atoms with Gasteiger partial charge in [0.05, 0.1) is 42.6 Å². The molecule has 496 valence electrons. The van der Waals surface area contributed by atoms with Gasteiger partial charge in [-0.2, -0.15) is 0 Å². The number of hydrogen-bond acceptors (Lipinski definition) is 20. The lowest BCUT2D eigenvalue weighted by atomic mass is 9.98. The van der Waals surface area contributed by atoms with Crippen LogP contribution in [0.4, 0.5) is 5.69 Å². The number of hydrogen-bond donors (Lipinski definition) is 7. The van der Waals surface area contributed by atoms with Crippen LogP contribution < -0.4 is 32.4 Å². The predicted octanol–water partition coefficient (Wildman–Crippen LogP) is -1.58. The number of aromatic nitrogens is 1. The number of aryl methyl sites for hydroxylation is 1. The van der Waals surface area contributed by atoms with E-state index in [1.54, 1.807) is 55.4 Å². The number of benzene rings is 2. The lowest BCUT2D eigenvalue weighted by Crippen LogP contribution is -2.63. The first-order valence-electron chi connectivity index (χ1n) is 30.3. The van der Waals surface area contributed by atoms with Crippen LogP contribution in [0.3, 0.4) is 0 Å². The Hall–Kier alpha value is -8.80. The van der Waals surface area contributed by atoms with Crippen molar-refractivity contribution in [3.8, 4) is 11.5 Å². The molecule has 6 aliphatic rings. The first-order chi connectivity index (χ1) is 42.6. The van der Waals surface area contributed by atoms with Crippen molar-refractivity contribution in [3.63, 3.8) is 0 Å². The molecule has 1 aliphatic carbocycles. The minimum Gasteiger partial charge on any atom is -0.458 e. The highest BCUT2D eigenvalue weighted by Gasteiger charge is 2.50. The van der Waals surface area contributed by atoms with Crippen molar-refractivity contribution in [1.29, 1.82) is 0 Å². The van der Waals surface area contributed by atoms with E-state index in [4.69, 9.17) is 24.6 Å². The van der Waals surface area contributed by atoms with Gasteiger partial charge in [0.15, 0.2) is 17.4 Å². The summed E-state index contributed by atoms with van der Waals surface area (Å²) in [6.45, 7) is 14.7. The van der Waals surface area contributed by atoms with Gasteiger partial charge in [-0.15, -0.1) is 0 Å². The number of likely N-dealkylation sites (N-methyl/N-ethyl adjacent to an activating group) is 4. The molecule has 4 fully saturated rings. The molecule has 1 aromatic rings. The van der Waals surface area contributed by atoms with E-state index >= 15 is 9.59 Å². The van der Waals surface area contributed by atoms with E-state index in [0.717, 1.165) is 19.6 Å². The Morgan fingerprint density at radius 3 is 1.90 bits per heavy atom. The molecule has 0 bridgehead atoms. The number of aliphatic hydroxyl groups is 2. The average molecular weight is 1270 g/mol. The Kier molecular flexibility index (Phi) is 21.2. The maximum atomic E-state index is 15.2. The zero-order chi connectivity index (χ0) is 67.8. The molecule has 1 aromatic carbocycles. The third kappa shape index (κ3) is 13.8. The van der Waals surface area contributed by atoms with Crippen LogP contribution in [0.2, 0.25) is 0 Å². The number of anilines is 1. The number of amides is 10. The third-order valence-corrected chi connectivity index (χ3v) is 17.6. The summed E-state index contributed by atoms with van der Waals surface area (Å²) in [4.78, 5) is 198. The summed E-state index contributed by atoms with van der Waals surface area (Å²) in [6.07, 6.45) is -4.32. The van der Waals surface area contributed by atoms with Gasteiger partial charge in [-0.3, -0.25) is 52.7 Å². The largest absolute Gasteiger partial charge is 0.458 e. The van der Waals surface area contributed by atoms with Crippen molar-refractivity contribution in [2.24, 2.45) is 17.8 Å². The van der Waals surface area contributed by atoms with Crippen molar-refractivity contribution in [2.45, 2.75) is 168 Å². The fourth-order valence-corrected chi connectivity index (χ4v) is 12.0. The Labute approximate surface area is 525 Å². The smallest absolute Gasteiger partial charge is 0.329 e. The molecule has 7 rings (SSSR count). The van der Waals surface area contributed by atoms with Gasteiger partial charge in [0.25, 0.3) is 11.8 Å². The second kappa shape index (κ2) is 27.7. The monoisotopic (exact) mass is 1270 g/mol. The fourth-order valence-electron chi connectivity index (χ4n) is 12.0. The van der Waals surface area contributed by atoms with E-state index in [9.17, 15) is 63.0 Å². The second-order valence-electron chi connectivity index (χ2n) is 25.2. The molecule has 5 heterocycles. The topological polar surface area (TPSA) is 400 Å². The molecular weight excluding hydrogens is 1190 g/mol. The van der Waals surface area contributed by atoms with Gasteiger partial charge in [-0.1, -0.05) is 47.6 Å². The van der Waals surface area contributed by atoms with E-state index < -0.39 is 204 Å². The van der Waals surface area contributed by atoms with E-state index in [1.807, 2.05) is 0 Å². The van der Waals surface area contributed by atoms with Gasteiger partial charge in [0.1, 0.15) is 65.6 Å². The minimum absolute atomic E-state index is 0.0659. The van der Waals surface area contributed by atoms with Crippen LogP contribution in [0, 0.1) is 31.6 Å². The number of esters is 2. The lowest BCUT2D eigenvalue weighted by Gasteiger charge is -2.37. The number of ether oxygens (including phenoxy) is 2. The van der Waals surface area contributed by atoms with Crippen LogP contribution in [-0.4, -0.2) is 243 Å². The standard InChI is InChI=1S/C61H84N12O18/c1-25(2)41-57(84)72-20-16-17-34(72)56(83)68(12)23-38(77)71(15)47(27(5)6)61(88)89-32(11)43(54(81)64-41)66-52(79)33-19-18-28(7)50-44(33)63-46-39(40(62)49(78)30(9)51(46)91-50)53(80)67-45-36(24-74)90-60(87)31(10)70(14)37(76)22-69(13)59(86)48-35(75)21-29(8)73(48)58(85)42(26(3)4)65-55(45)82/h18-19,25-27,29,31-32,34-36,41-43,45,47-48,74-75H,16-17,20-24,62H2,1-15H3,(H,64,81)(H,65,82)(H,66,79)(H,67,80). The van der Waals surface area contributed by atoms with Crippen LogP contribution in [-0.2, 0) is 57.4 Å². The van der Waals surface area contributed by atoms with Crippen molar-refractivity contribution in [1.82, 2.24) is 55.7 Å². The highest BCUT2D eigenvalue weighted by atomic mass is 16.6. The fraction of sp³-hybridized carbons (Fsp3) is 0.607. The molecule has 0 aromatic heterocycles. The van der Waals surface area contributed by atoms with Crippen molar-refractivity contribution in [3.05, 3.63) is 44.6 Å². The van der Waals surface area contributed by atoms with Crippen LogP contribution in [0.25, 0.3) is 22.6 Å². The Morgan fingerprint density at radius 1 is 0.736 bits per heavy atom. The molecule has 0 spiro atoms.